The molecule has 10 heteroatoms. The van der Waals surface area contributed by atoms with Gasteiger partial charge in [-0.3, -0.25) is 4.79 Å². The average molecular weight is 478 g/mol. The number of halogens is 1. The highest BCUT2D eigenvalue weighted by atomic mass is 35.5. The third kappa shape index (κ3) is 4.72. The van der Waals surface area contributed by atoms with Crippen molar-refractivity contribution in [1.29, 1.82) is 0 Å². The summed E-state index contributed by atoms with van der Waals surface area (Å²) in [6.07, 6.45) is 2.64. The van der Waals surface area contributed by atoms with Gasteiger partial charge in [-0.25, -0.2) is 9.78 Å². The SMILES string of the molecule is CCCCOC(=O)N1CC(c2cc(Cl)nc(B3OC(C)(C)C(C)(C)O3)c2)N2C(=O)CC[C@@H]2C1. The van der Waals surface area contributed by atoms with E-state index < -0.39 is 18.3 Å². The number of rotatable bonds is 5. The monoisotopic (exact) mass is 477 g/mol. The molecule has 0 spiro atoms. The van der Waals surface area contributed by atoms with E-state index >= 15 is 0 Å². The van der Waals surface area contributed by atoms with Gasteiger partial charge in [0.05, 0.1) is 35.5 Å². The van der Waals surface area contributed by atoms with E-state index in [9.17, 15) is 9.59 Å². The Morgan fingerprint density at radius 3 is 2.61 bits per heavy atom. The van der Waals surface area contributed by atoms with Crippen LogP contribution in [0.4, 0.5) is 4.79 Å². The van der Waals surface area contributed by atoms with Crippen molar-refractivity contribution in [2.45, 2.75) is 83.6 Å². The zero-order valence-electron chi connectivity index (χ0n) is 20.1. The molecule has 0 radical (unpaired) electrons. The summed E-state index contributed by atoms with van der Waals surface area (Å²) in [5.74, 6) is 0.0918. The van der Waals surface area contributed by atoms with Crippen molar-refractivity contribution < 1.29 is 23.6 Å². The summed E-state index contributed by atoms with van der Waals surface area (Å²) in [5.41, 5.74) is 0.344. The minimum Gasteiger partial charge on any atom is -0.449 e. The molecule has 3 aliphatic rings. The quantitative estimate of drug-likeness (QED) is 0.368. The molecule has 1 aromatic rings. The van der Waals surface area contributed by atoms with Crippen molar-refractivity contribution in [1.82, 2.24) is 14.8 Å². The second-order valence-electron chi connectivity index (χ2n) is 10.1. The van der Waals surface area contributed by atoms with Crippen LogP contribution < -0.4 is 5.59 Å². The van der Waals surface area contributed by atoms with Crippen LogP contribution in [0.1, 0.15) is 71.9 Å². The van der Waals surface area contributed by atoms with Gasteiger partial charge in [0.15, 0.2) is 0 Å². The molecule has 3 aliphatic heterocycles. The zero-order chi connectivity index (χ0) is 24.0. The molecule has 0 aliphatic carbocycles. The van der Waals surface area contributed by atoms with Crippen LogP contribution in [0.5, 0.6) is 0 Å². The number of aromatic nitrogens is 1. The van der Waals surface area contributed by atoms with Gasteiger partial charge in [-0.05, 0) is 58.2 Å². The molecule has 2 atom stereocenters. The normalized spacial score (nSPS) is 26.0. The number of pyridine rings is 1. The summed E-state index contributed by atoms with van der Waals surface area (Å²) >= 11 is 6.42. The largest absolute Gasteiger partial charge is 0.514 e. The molecule has 33 heavy (non-hydrogen) atoms. The first kappa shape index (κ1) is 24.3. The fourth-order valence-corrected chi connectivity index (χ4v) is 4.84. The number of hydrogen-bond donors (Lipinski definition) is 0. The lowest BCUT2D eigenvalue weighted by Crippen LogP contribution is -2.55. The van der Waals surface area contributed by atoms with E-state index in [1.54, 1.807) is 11.0 Å². The van der Waals surface area contributed by atoms with E-state index in [2.05, 4.69) is 11.9 Å². The van der Waals surface area contributed by atoms with Gasteiger partial charge in [-0.2, -0.15) is 0 Å². The molecule has 0 saturated carbocycles. The Morgan fingerprint density at radius 1 is 1.24 bits per heavy atom. The first-order valence-corrected chi connectivity index (χ1v) is 12.2. The second kappa shape index (κ2) is 9.08. The molecule has 4 heterocycles. The summed E-state index contributed by atoms with van der Waals surface area (Å²) in [6, 6.07) is 3.27. The van der Waals surface area contributed by atoms with Crippen LogP contribution in [0, 0.1) is 0 Å². The molecule has 0 bridgehead atoms. The van der Waals surface area contributed by atoms with E-state index in [1.807, 2.05) is 38.7 Å². The molecule has 3 fully saturated rings. The van der Waals surface area contributed by atoms with Crippen molar-refractivity contribution in [2.24, 2.45) is 0 Å². The van der Waals surface area contributed by atoms with E-state index in [4.69, 9.17) is 25.6 Å². The maximum absolute atomic E-state index is 12.8. The predicted molar refractivity (Wildman–Crippen MR) is 125 cm³/mol. The van der Waals surface area contributed by atoms with Gasteiger partial charge in [-0.1, -0.05) is 24.9 Å². The molecule has 3 saturated heterocycles. The minimum atomic E-state index is -0.670. The number of unbranched alkanes of at least 4 members (excludes halogenated alkanes) is 1. The highest BCUT2D eigenvalue weighted by Crippen LogP contribution is 2.38. The molecule has 8 nitrogen and oxygen atoms in total. The minimum absolute atomic E-state index is 0.0396. The van der Waals surface area contributed by atoms with Crippen LogP contribution in [0.3, 0.4) is 0 Å². The Kier molecular flexibility index (Phi) is 6.68. The van der Waals surface area contributed by atoms with Crippen molar-refractivity contribution in [3.63, 3.8) is 0 Å². The Morgan fingerprint density at radius 2 is 1.94 bits per heavy atom. The molecule has 0 aromatic carbocycles. The molecule has 2 amide bonds. The van der Waals surface area contributed by atoms with Crippen LogP contribution in [0.2, 0.25) is 5.15 Å². The number of amides is 2. The van der Waals surface area contributed by atoms with Crippen LogP contribution >= 0.6 is 11.6 Å². The molecule has 4 rings (SSSR count). The molecule has 1 aromatic heterocycles. The summed E-state index contributed by atoms with van der Waals surface area (Å²) < 4.78 is 17.8. The number of nitrogens with zero attached hydrogens (tertiary/aromatic N) is 3. The van der Waals surface area contributed by atoms with Gasteiger partial charge in [0.2, 0.25) is 5.91 Å². The Bertz CT molecular complexity index is 911. The smallest absolute Gasteiger partial charge is 0.449 e. The molecule has 1 unspecified atom stereocenters. The number of ether oxygens (including phenoxy) is 1. The second-order valence-corrected chi connectivity index (χ2v) is 10.5. The summed E-state index contributed by atoms with van der Waals surface area (Å²) in [5, 5.41) is 0.294. The molecular weight excluding hydrogens is 445 g/mol. The van der Waals surface area contributed by atoms with Crippen LogP contribution in [0.25, 0.3) is 0 Å². The third-order valence-electron chi connectivity index (χ3n) is 7.23. The lowest BCUT2D eigenvalue weighted by molar-refractivity contribution is -0.134. The molecule has 180 valence electrons. The van der Waals surface area contributed by atoms with Gasteiger partial charge in [0.25, 0.3) is 0 Å². The first-order valence-electron chi connectivity index (χ1n) is 11.8. The lowest BCUT2D eigenvalue weighted by atomic mass is 9.82. The lowest BCUT2D eigenvalue weighted by Gasteiger charge is -2.43. The Hall–Kier alpha value is -1.84. The zero-order valence-corrected chi connectivity index (χ0v) is 20.9. The fourth-order valence-electron chi connectivity index (χ4n) is 4.62. The Labute approximate surface area is 201 Å². The fraction of sp³-hybridized carbons (Fsp3) is 0.696. The standard InChI is InChI=1S/C23H33BClN3O5/c1-6-7-10-31-21(30)27-13-16-8-9-20(29)28(16)17(14-27)15-11-18(26-19(25)12-15)24-32-22(2,3)23(4,5)33-24/h11-12,16-17H,6-10,13-14H2,1-5H3/t16-,17?/m1/s1. The van der Waals surface area contributed by atoms with Crippen LogP contribution in [-0.2, 0) is 18.8 Å². The number of piperazine rings is 1. The van der Waals surface area contributed by atoms with E-state index in [1.165, 1.54) is 0 Å². The Balaban J connectivity index is 1.62. The molecular formula is C23H33BClN3O5. The number of fused-ring (bicyclic) bond motifs is 1. The van der Waals surface area contributed by atoms with Gasteiger partial charge in [0, 0.05) is 19.5 Å². The van der Waals surface area contributed by atoms with Crippen molar-refractivity contribution in [2.75, 3.05) is 19.7 Å². The summed E-state index contributed by atoms with van der Waals surface area (Å²) in [4.78, 5) is 33.6. The van der Waals surface area contributed by atoms with Crippen molar-refractivity contribution in [3.8, 4) is 0 Å². The number of carbonyl (C=O) groups is 2. The van der Waals surface area contributed by atoms with E-state index in [0.29, 0.717) is 36.9 Å². The third-order valence-corrected chi connectivity index (χ3v) is 7.42. The van der Waals surface area contributed by atoms with Gasteiger partial charge in [0.1, 0.15) is 5.15 Å². The maximum atomic E-state index is 12.8. The highest BCUT2D eigenvalue weighted by molar-refractivity contribution is 6.61. The topological polar surface area (TPSA) is 81.2 Å². The van der Waals surface area contributed by atoms with E-state index in [0.717, 1.165) is 24.8 Å². The first-order chi connectivity index (χ1) is 15.5. The van der Waals surface area contributed by atoms with Crippen LogP contribution in [0.15, 0.2) is 12.1 Å². The number of carbonyl (C=O) groups excluding carboxylic acids is 2. The van der Waals surface area contributed by atoms with Crippen LogP contribution in [-0.4, -0.2) is 70.8 Å². The summed E-state index contributed by atoms with van der Waals surface area (Å²) in [7, 11) is -0.670. The van der Waals surface area contributed by atoms with Crippen molar-refractivity contribution >= 4 is 36.3 Å². The van der Waals surface area contributed by atoms with Gasteiger partial charge < -0.3 is 23.8 Å². The molecule has 0 N–H and O–H groups in total. The van der Waals surface area contributed by atoms with Crippen molar-refractivity contribution in [3.05, 3.63) is 22.8 Å². The highest BCUT2D eigenvalue weighted by Gasteiger charge is 2.53. The van der Waals surface area contributed by atoms with Gasteiger partial charge >= 0.3 is 13.2 Å². The van der Waals surface area contributed by atoms with Gasteiger partial charge in [-0.15, -0.1) is 0 Å². The maximum Gasteiger partial charge on any atom is 0.514 e. The average Bonchev–Trinajstić information content (AvgIpc) is 3.22. The summed E-state index contributed by atoms with van der Waals surface area (Å²) in [6.45, 7) is 11.2. The van der Waals surface area contributed by atoms with E-state index in [-0.39, 0.29) is 24.1 Å². The predicted octanol–water partition coefficient (Wildman–Crippen LogP) is 3.32. The number of hydrogen-bond acceptors (Lipinski definition) is 6.